The zero-order valence-corrected chi connectivity index (χ0v) is 11.9. The number of rotatable bonds is 7. The first-order valence-corrected chi connectivity index (χ1v) is 6.50. The molecule has 8 heteroatoms. The lowest BCUT2D eigenvalue weighted by Gasteiger charge is -2.07. The van der Waals surface area contributed by atoms with Crippen molar-refractivity contribution in [2.75, 3.05) is 20.2 Å². The smallest absolute Gasteiger partial charge is 0.307 e. The lowest BCUT2D eigenvalue weighted by molar-refractivity contribution is -0.140. The Hall–Kier alpha value is -2.51. The van der Waals surface area contributed by atoms with Gasteiger partial charge >= 0.3 is 5.97 Å². The van der Waals surface area contributed by atoms with Crippen LogP contribution in [0.2, 0.25) is 0 Å². The molecule has 0 unspecified atom stereocenters. The van der Waals surface area contributed by atoms with Gasteiger partial charge < -0.3 is 15.4 Å². The Kier molecular flexibility index (Phi) is 6.94. The maximum atomic E-state index is 13.3. The van der Waals surface area contributed by atoms with Crippen LogP contribution in [-0.2, 0) is 14.3 Å². The van der Waals surface area contributed by atoms with Crippen molar-refractivity contribution >= 4 is 17.8 Å². The molecule has 0 saturated carbocycles. The fourth-order valence-corrected chi connectivity index (χ4v) is 1.55. The number of methoxy groups -OCH3 is 1. The van der Waals surface area contributed by atoms with Gasteiger partial charge in [0.25, 0.3) is 5.91 Å². The van der Waals surface area contributed by atoms with Crippen LogP contribution in [-0.4, -0.2) is 38.0 Å². The summed E-state index contributed by atoms with van der Waals surface area (Å²) in [5.41, 5.74) is -0.299. The highest BCUT2D eigenvalue weighted by atomic mass is 19.1. The highest BCUT2D eigenvalue weighted by molar-refractivity contribution is 5.94. The van der Waals surface area contributed by atoms with Gasteiger partial charge in [0.1, 0.15) is 11.6 Å². The molecule has 0 radical (unpaired) electrons. The van der Waals surface area contributed by atoms with Gasteiger partial charge in [-0.1, -0.05) is 0 Å². The molecule has 0 atom stereocenters. The number of halogens is 2. The third kappa shape index (κ3) is 5.86. The molecule has 1 rings (SSSR count). The van der Waals surface area contributed by atoms with E-state index in [-0.39, 0.29) is 37.4 Å². The molecular formula is C14H16F2N2O4. The normalized spacial score (nSPS) is 9.95. The minimum absolute atomic E-state index is 0.0142. The van der Waals surface area contributed by atoms with Gasteiger partial charge in [-0.3, -0.25) is 14.4 Å². The molecule has 0 aliphatic carbocycles. The second-order valence-corrected chi connectivity index (χ2v) is 4.31. The van der Waals surface area contributed by atoms with Crippen LogP contribution in [0, 0.1) is 11.6 Å². The van der Waals surface area contributed by atoms with Crippen molar-refractivity contribution < 1.29 is 27.9 Å². The molecule has 0 fully saturated rings. The van der Waals surface area contributed by atoms with Crippen LogP contribution in [0.15, 0.2) is 18.2 Å². The first-order chi connectivity index (χ1) is 10.4. The Labute approximate surface area is 125 Å². The van der Waals surface area contributed by atoms with Gasteiger partial charge in [-0.05, 0) is 12.1 Å². The molecular weight excluding hydrogens is 298 g/mol. The van der Waals surface area contributed by atoms with E-state index in [1.165, 1.54) is 7.11 Å². The van der Waals surface area contributed by atoms with Crippen molar-refractivity contribution in [3.63, 3.8) is 0 Å². The first kappa shape index (κ1) is 17.5. The Morgan fingerprint density at radius 2 is 1.77 bits per heavy atom. The molecule has 0 aliphatic rings. The van der Waals surface area contributed by atoms with E-state index in [0.717, 1.165) is 12.1 Å². The molecule has 22 heavy (non-hydrogen) atoms. The van der Waals surface area contributed by atoms with E-state index in [1.807, 2.05) is 0 Å². The summed E-state index contributed by atoms with van der Waals surface area (Å²) in [7, 11) is 1.24. The average molecular weight is 314 g/mol. The third-order valence-corrected chi connectivity index (χ3v) is 2.69. The van der Waals surface area contributed by atoms with E-state index < -0.39 is 23.5 Å². The number of ether oxygens (including phenoxy) is 1. The van der Waals surface area contributed by atoms with Crippen LogP contribution in [0.5, 0.6) is 0 Å². The summed E-state index contributed by atoms with van der Waals surface area (Å²) >= 11 is 0. The zero-order valence-electron chi connectivity index (χ0n) is 11.9. The third-order valence-electron chi connectivity index (χ3n) is 2.69. The number of hydrogen-bond donors (Lipinski definition) is 2. The molecule has 0 bridgehead atoms. The second kappa shape index (κ2) is 8.71. The molecule has 1 aromatic carbocycles. The summed E-state index contributed by atoms with van der Waals surface area (Å²) in [6.07, 6.45) is 0.0190. The summed E-state index contributed by atoms with van der Waals surface area (Å²) in [5, 5.41) is 4.81. The predicted octanol–water partition coefficient (Wildman–Crippen LogP) is 0.764. The quantitative estimate of drug-likeness (QED) is 0.728. The van der Waals surface area contributed by atoms with Crippen molar-refractivity contribution in [1.82, 2.24) is 10.6 Å². The van der Waals surface area contributed by atoms with Crippen LogP contribution >= 0.6 is 0 Å². The number of carbonyl (C=O) groups is 3. The van der Waals surface area contributed by atoms with Gasteiger partial charge in [0.15, 0.2) is 0 Å². The highest BCUT2D eigenvalue weighted by Crippen LogP contribution is 2.09. The van der Waals surface area contributed by atoms with Crippen LogP contribution in [0.25, 0.3) is 0 Å². The van der Waals surface area contributed by atoms with Crippen molar-refractivity contribution in [2.45, 2.75) is 12.8 Å². The number of carbonyl (C=O) groups excluding carboxylic acids is 3. The summed E-state index contributed by atoms with van der Waals surface area (Å²) in [4.78, 5) is 33.9. The molecule has 0 aromatic heterocycles. The van der Waals surface area contributed by atoms with Gasteiger partial charge in [-0.2, -0.15) is 0 Å². The molecule has 0 aliphatic heterocycles. The van der Waals surface area contributed by atoms with E-state index in [2.05, 4.69) is 15.4 Å². The van der Waals surface area contributed by atoms with E-state index in [0.29, 0.717) is 6.07 Å². The number of amides is 2. The fourth-order valence-electron chi connectivity index (χ4n) is 1.55. The topological polar surface area (TPSA) is 84.5 Å². The SMILES string of the molecule is COC(=O)CCNC(=O)CCNC(=O)c1ccc(F)cc1F. The van der Waals surface area contributed by atoms with Gasteiger partial charge in [-0.25, -0.2) is 8.78 Å². The van der Waals surface area contributed by atoms with Crippen molar-refractivity contribution in [3.05, 3.63) is 35.4 Å². The van der Waals surface area contributed by atoms with Crippen molar-refractivity contribution in [1.29, 1.82) is 0 Å². The van der Waals surface area contributed by atoms with Gasteiger partial charge in [0.2, 0.25) is 5.91 Å². The minimum Gasteiger partial charge on any atom is -0.469 e. The lowest BCUT2D eigenvalue weighted by Crippen LogP contribution is -2.32. The summed E-state index contributed by atoms with van der Waals surface area (Å²) in [6, 6.07) is 2.60. The number of hydrogen-bond acceptors (Lipinski definition) is 4. The Bertz CT molecular complexity index is 564. The fraction of sp³-hybridized carbons (Fsp3) is 0.357. The molecule has 1 aromatic rings. The second-order valence-electron chi connectivity index (χ2n) is 4.31. The Balaban J connectivity index is 2.30. The van der Waals surface area contributed by atoms with Crippen LogP contribution in [0.4, 0.5) is 8.78 Å². The summed E-state index contributed by atoms with van der Waals surface area (Å²) in [5.74, 6) is -3.30. The molecule has 0 spiro atoms. The van der Waals surface area contributed by atoms with E-state index in [1.54, 1.807) is 0 Å². The van der Waals surface area contributed by atoms with E-state index in [9.17, 15) is 23.2 Å². The largest absolute Gasteiger partial charge is 0.469 e. The molecule has 6 nitrogen and oxygen atoms in total. The van der Waals surface area contributed by atoms with Crippen LogP contribution < -0.4 is 10.6 Å². The van der Waals surface area contributed by atoms with E-state index >= 15 is 0 Å². The molecule has 0 heterocycles. The molecule has 0 saturated heterocycles. The number of esters is 1. The molecule has 2 N–H and O–H groups in total. The minimum atomic E-state index is -0.972. The van der Waals surface area contributed by atoms with Gasteiger partial charge in [0.05, 0.1) is 19.1 Å². The zero-order chi connectivity index (χ0) is 16.5. The summed E-state index contributed by atoms with van der Waals surface area (Å²) in [6.45, 7) is 0.117. The van der Waals surface area contributed by atoms with Crippen LogP contribution in [0.3, 0.4) is 0 Å². The predicted molar refractivity (Wildman–Crippen MR) is 73.0 cm³/mol. The maximum absolute atomic E-state index is 13.3. The molecule has 2 amide bonds. The first-order valence-electron chi connectivity index (χ1n) is 6.50. The van der Waals surface area contributed by atoms with Gasteiger partial charge in [0, 0.05) is 25.6 Å². The van der Waals surface area contributed by atoms with Crippen LogP contribution in [0.1, 0.15) is 23.2 Å². The summed E-state index contributed by atoms with van der Waals surface area (Å²) < 4.78 is 30.5. The lowest BCUT2D eigenvalue weighted by atomic mass is 10.2. The average Bonchev–Trinajstić information content (AvgIpc) is 2.46. The molecule has 120 valence electrons. The number of benzene rings is 1. The maximum Gasteiger partial charge on any atom is 0.307 e. The standard InChI is InChI=1S/C14H16F2N2O4/c1-22-13(20)5-7-17-12(19)4-6-18-14(21)10-3-2-9(15)8-11(10)16/h2-3,8H,4-7H2,1H3,(H,17,19)(H,18,21). The Morgan fingerprint density at radius 1 is 1.09 bits per heavy atom. The number of nitrogens with one attached hydrogen (secondary N) is 2. The van der Waals surface area contributed by atoms with E-state index in [4.69, 9.17) is 0 Å². The van der Waals surface area contributed by atoms with Crippen molar-refractivity contribution in [2.24, 2.45) is 0 Å². The monoisotopic (exact) mass is 314 g/mol. The van der Waals surface area contributed by atoms with Crippen molar-refractivity contribution in [3.8, 4) is 0 Å². The Morgan fingerprint density at radius 3 is 2.41 bits per heavy atom. The van der Waals surface area contributed by atoms with Gasteiger partial charge in [-0.15, -0.1) is 0 Å². The highest BCUT2D eigenvalue weighted by Gasteiger charge is 2.12.